The number of likely N-dealkylation sites (tertiary alicyclic amines) is 1. The molecule has 1 aliphatic heterocycles. The fraction of sp³-hybridized carbons (Fsp3) is 0.929. The molecule has 1 N–H and O–H groups in total. The lowest BCUT2D eigenvalue weighted by molar-refractivity contribution is -0.146. The fourth-order valence-electron chi connectivity index (χ4n) is 3.44. The molecule has 0 spiro atoms. The summed E-state index contributed by atoms with van der Waals surface area (Å²) in [5.41, 5.74) is 0. The van der Waals surface area contributed by atoms with Crippen molar-refractivity contribution in [1.82, 2.24) is 4.90 Å². The number of hydrogen-bond donors (Lipinski definition) is 1. The van der Waals surface area contributed by atoms with E-state index in [-0.39, 0.29) is 5.92 Å². The predicted octanol–water partition coefficient (Wildman–Crippen LogP) is 2.61. The summed E-state index contributed by atoms with van der Waals surface area (Å²) < 4.78 is 0. The summed E-state index contributed by atoms with van der Waals surface area (Å²) in [6, 6.07) is 0. The minimum Gasteiger partial charge on any atom is -0.481 e. The Morgan fingerprint density at radius 1 is 1.24 bits per heavy atom. The van der Waals surface area contributed by atoms with Gasteiger partial charge in [-0.05, 0) is 50.6 Å². The number of piperidine rings is 1. The van der Waals surface area contributed by atoms with E-state index in [1.165, 1.54) is 38.8 Å². The van der Waals surface area contributed by atoms with Gasteiger partial charge in [-0.1, -0.05) is 19.8 Å². The van der Waals surface area contributed by atoms with Crippen molar-refractivity contribution in [3.63, 3.8) is 0 Å². The highest BCUT2D eigenvalue weighted by atomic mass is 16.4. The molecule has 1 saturated heterocycles. The van der Waals surface area contributed by atoms with Crippen LogP contribution in [0.25, 0.3) is 0 Å². The highest BCUT2D eigenvalue weighted by Crippen LogP contribution is 2.34. The third-order valence-corrected chi connectivity index (χ3v) is 4.51. The number of nitrogens with zero attached hydrogens (tertiary/aromatic N) is 1. The Morgan fingerprint density at radius 3 is 2.59 bits per heavy atom. The zero-order valence-corrected chi connectivity index (χ0v) is 10.9. The maximum Gasteiger partial charge on any atom is 0.306 e. The number of carboxylic acids is 1. The van der Waals surface area contributed by atoms with Gasteiger partial charge in [0.25, 0.3) is 0 Å². The molecule has 2 aliphatic rings. The number of rotatable bonds is 3. The molecule has 17 heavy (non-hydrogen) atoms. The van der Waals surface area contributed by atoms with Crippen LogP contribution >= 0.6 is 0 Å². The van der Waals surface area contributed by atoms with Gasteiger partial charge in [0.1, 0.15) is 0 Å². The van der Waals surface area contributed by atoms with E-state index in [4.69, 9.17) is 0 Å². The lowest BCUT2D eigenvalue weighted by Crippen LogP contribution is -2.40. The van der Waals surface area contributed by atoms with Crippen molar-refractivity contribution in [2.24, 2.45) is 17.8 Å². The molecule has 2 fully saturated rings. The number of carboxylic acid groups (broad SMARTS) is 1. The number of carbonyl (C=O) groups is 1. The molecule has 0 aromatic carbocycles. The summed E-state index contributed by atoms with van der Waals surface area (Å²) in [4.78, 5) is 13.8. The van der Waals surface area contributed by atoms with Crippen LogP contribution in [0.2, 0.25) is 0 Å². The average molecular weight is 239 g/mol. The average Bonchev–Trinajstić information content (AvgIpc) is 2.32. The molecular weight excluding hydrogens is 214 g/mol. The first-order valence-corrected chi connectivity index (χ1v) is 7.12. The van der Waals surface area contributed by atoms with Gasteiger partial charge in [-0.15, -0.1) is 0 Å². The highest BCUT2D eigenvalue weighted by molar-refractivity contribution is 5.70. The largest absolute Gasteiger partial charge is 0.481 e. The molecule has 1 aliphatic carbocycles. The van der Waals surface area contributed by atoms with Gasteiger partial charge in [0.2, 0.25) is 0 Å². The van der Waals surface area contributed by atoms with Gasteiger partial charge < -0.3 is 10.0 Å². The third kappa shape index (κ3) is 3.44. The van der Waals surface area contributed by atoms with Gasteiger partial charge in [0, 0.05) is 6.54 Å². The van der Waals surface area contributed by atoms with Gasteiger partial charge >= 0.3 is 5.97 Å². The van der Waals surface area contributed by atoms with Gasteiger partial charge in [0.05, 0.1) is 5.92 Å². The summed E-state index contributed by atoms with van der Waals surface area (Å²) in [5.74, 6) is 0.315. The first-order valence-electron chi connectivity index (χ1n) is 7.12. The Morgan fingerprint density at radius 2 is 1.94 bits per heavy atom. The minimum atomic E-state index is -0.571. The molecule has 3 atom stereocenters. The van der Waals surface area contributed by atoms with Crippen LogP contribution in [0.1, 0.15) is 45.4 Å². The topological polar surface area (TPSA) is 40.5 Å². The molecule has 0 radical (unpaired) electrons. The van der Waals surface area contributed by atoms with Crippen LogP contribution < -0.4 is 0 Å². The standard InChI is InChI=1S/C14H25NO2/c1-11-5-6-12(13(9-11)14(16)17)10-15-7-3-2-4-8-15/h11-13H,2-10H2,1H3,(H,16,17)/t11?,12-,13-/m0/s1. The van der Waals surface area contributed by atoms with Gasteiger partial charge in [-0.2, -0.15) is 0 Å². The second kappa shape index (κ2) is 5.85. The van der Waals surface area contributed by atoms with Crippen molar-refractivity contribution in [3.8, 4) is 0 Å². The van der Waals surface area contributed by atoms with Crippen LogP contribution in [0.5, 0.6) is 0 Å². The van der Waals surface area contributed by atoms with E-state index in [2.05, 4.69) is 11.8 Å². The van der Waals surface area contributed by atoms with Crippen LogP contribution in [0.15, 0.2) is 0 Å². The summed E-state index contributed by atoms with van der Waals surface area (Å²) in [7, 11) is 0. The highest BCUT2D eigenvalue weighted by Gasteiger charge is 2.34. The lowest BCUT2D eigenvalue weighted by Gasteiger charge is -2.37. The molecule has 0 aromatic rings. The van der Waals surface area contributed by atoms with Crippen LogP contribution in [0.3, 0.4) is 0 Å². The van der Waals surface area contributed by atoms with Gasteiger partial charge in [-0.3, -0.25) is 4.79 Å². The Kier molecular flexibility index (Phi) is 4.43. The molecule has 1 heterocycles. The molecule has 1 saturated carbocycles. The second-order valence-electron chi connectivity index (χ2n) is 5.98. The number of aliphatic carboxylic acids is 1. The van der Waals surface area contributed by atoms with Crippen molar-refractivity contribution in [2.45, 2.75) is 45.4 Å². The van der Waals surface area contributed by atoms with Crippen molar-refractivity contribution in [1.29, 1.82) is 0 Å². The monoisotopic (exact) mass is 239 g/mol. The summed E-state index contributed by atoms with van der Waals surface area (Å²) in [5, 5.41) is 9.34. The quantitative estimate of drug-likeness (QED) is 0.823. The van der Waals surface area contributed by atoms with Crippen LogP contribution in [-0.2, 0) is 4.79 Å². The maximum absolute atomic E-state index is 11.3. The predicted molar refractivity (Wildman–Crippen MR) is 67.9 cm³/mol. The molecule has 2 rings (SSSR count). The normalized spacial score (nSPS) is 35.7. The molecule has 3 heteroatoms. The molecule has 1 unspecified atom stereocenters. The Labute approximate surface area is 104 Å². The third-order valence-electron chi connectivity index (χ3n) is 4.51. The summed E-state index contributed by atoms with van der Waals surface area (Å²) in [6.45, 7) is 5.56. The van der Waals surface area contributed by atoms with Crippen molar-refractivity contribution in [2.75, 3.05) is 19.6 Å². The second-order valence-corrected chi connectivity index (χ2v) is 5.98. The smallest absolute Gasteiger partial charge is 0.306 e. The van der Waals surface area contributed by atoms with E-state index < -0.39 is 5.97 Å². The van der Waals surface area contributed by atoms with Crippen LogP contribution in [0, 0.1) is 17.8 Å². The van der Waals surface area contributed by atoms with E-state index in [1.54, 1.807) is 0 Å². The maximum atomic E-state index is 11.3. The zero-order valence-electron chi connectivity index (χ0n) is 10.9. The minimum absolute atomic E-state index is 0.0966. The fourth-order valence-corrected chi connectivity index (χ4v) is 3.44. The van der Waals surface area contributed by atoms with E-state index in [0.29, 0.717) is 11.8 Å². The van der Waals surface area contributed by atoms with Gasteiger partial charge in [0.15, 0.2) is 0 Å². The van der Waals surface area contributed by atoms with E-state index >= 15 is 0 Å². The van der Waals surface area contributed by atoms with E-state index in [1.807, 2.05) is 0 Å². The van der Waals surface area contributed by atoms with Gasteiger partial charge in [-0.25, -0.2) is 0 Å². The Balaban J connectivity index is 1.90. The van der Waals surface area contributed by atoms with Crippen molar-refractivity contribution in [3.05, 3.63) is 0 Å². The molecule has 0 aromatic heterocycles. The van der Waals surface area contributed by atoms with Crippen molar-refractivity contribution < 1.29 is 9.90 Å². The Hall–Kier alpha value is -0.570. The Bertz CT molecular complexity index is 261. The first kappa shape index (κ1) is 12.9. The van der Waals surface area contributed by atoms with E-state index in [9.17, 15) is 9.90 Å². The number of hydrogen-bond acceptors (Lipinski definition) is 2. The van der Waals surface area contributed by atoms with E-state index in [0.717, 1.165) is 19.4 Å². The molecule has 3 nitrogen and oxygen atoms in total. The SMILES string of the molecule is CC1CC[C@@H](CN2CCCCC2)[C@@H](C(=O)O)C1. The zero-order chi connectivity index (χ0) is 12.3. The summed E-state index contributed by atoms with van der Waals surface area (Å²) >= 11 is 0. The van der Waals surface area contributed by atoms with Crippen molar-refractivity contribution >= 4 is 5.97 Å². The molecule has 98 valence electrons. The molecule has 0 amide bonds. The van der Waals surface area contributed by atoms with Crippen LogP contribution in [0.4, 0.5) is 0 Å². The molecule has 0 bridgehead atoms. The summed E-state index contributed by atoms with van der Waals surface area (Å²) in [6.07, 6.45) is 7.13. The molecular formula is C14H25NO2. The first-order chi connectivity index (χ1) is 8.16. The lowest BCUT2D eigenvalue weighted by atomic mass is 9.74. The van der Waals surface area contributed by atoms with Crippen LogP contribution in [-0.4, -0.2) is 35.6 Å².